The molecule has 2 saturated heterocycles. The Morgan fingerprint density at radius 1 is 1.02 bits per heavy atom. The summed E-state index contributed by atoms with van der Waals surface area (Å²) in [7, 11) is 1.91. The Kier molecular flexibility index (Phi) is 10.3. The molecule has 0 spiro atoms. The van der Waals surface area contributed by atoms with Gasteiger partial charge in [0.1, 0.15) is 6.33 Å². The molecule has 2 fully saturated rings. The van der Waals surface area contributed by atoms with Crippen molar-refractivity contribution in [1.82, 2.24) is 50.1 Å². The molecule has 2 aliphatic rings. The maximum absolute atomic E-state index is 12.7. The van der Waals surface area contributed by atoms with Crippen molar-refractivity contribution in [2.24, 2.45) is 7.05 Å². The molecule has 0 saturated carbocycles. The molecule has 6 aromatic rings. The summed E-state index contributed by atoms with van der Waals surface area (Å²) in [6, 6.07) is 14.4. The van der Waals surface area contributed by atoms with E-state index in [0.717, 1.165) is 90.5 Å². The number of piperidine rings is 1. The standard InChI is InChI=1S/C42H49N11O4/c1-26-20-30(9-10-31(26)23-43-39(55)37-47-40(57-49-37)42(2,3)4)36-34-21-27(24-53(34)45-25-44-36)8-6-7-16-51-17-13-28(14-18-51)29-11-12-32-33(22-29)50(5)48-38(32)52-19-15-35(54)46-41(52)56/h9-12,20-22,24-25,28H,6-8,13-19,23H2,1-5H3,(H,43,55)(H,46,54,56). The number of hydrogen-bond donors (Lipinski definition) is 2. The second kappa shape index (κ2) is 15.5. The molecule has 4 aromatic heterocycles. The smallest absolute Gasteiger partial charge is 0.329 e. The molecular formula is C42H49N11O4. The molecule has 2 aromatic carbocycles. The molecule has 2 aliphatic heterocycles. The van der Waals surface area contributed by atoms with Crippen LogP contribution in [0.2, 0.25) is 0 Å². The van der Waals surface area contributed by atoms with Crippen LogP contribution in [-0.4, -0.2) is 83.4 Å². The first-order valence-corrected chi connectivity index (χ1v) is 19.8. The zero-order valence-corrected chi connectivity index (χ0v) is 33.2. The van der Waals surface area contributed by atoms with E-state index in [2.05, 4.69) is 77.4 Å². The van der Waals surface area contributed by atoms with Gasteiger partial charge in [-0.3, -0.25) is 24.5 Å². The quantitative estimate of drug-likeness (QED) is 0.153. The molecule has 8 rings (SSSR count). The number of likely N-dealkylation sites (tertiary alicyclic amines) is 1. The maximum atomic E-state index is 12.7. The zero-order valence-electron chi connectivity index (χ0n) is 33.2. The minimum absolute atomic E-state index is 0.0305. The van der Waals surface area contributed by atoms with Gasteiger partial charge in [0.2, 0.25) is 11.8 Å². The molecule has 4 amide bonds. The first-order valence-electron chi connectivity index (χ1n) is 19.8. The van der Waals surface area contributed by atoms with Crippen molar-refractivity contribution in [2.75, 3.05) is 31.1 Å². The number of nitrogens with one attached hydrogen (secondary N) is 2. The molecule has 15 nitrogen and oxygen atoms in total. The van der Waals surface area contributed by atoms with Gasteiger partial charge in [-0.2, -0.15) is 15.2 Å². The number of amides is 4. The van der Waals surface area contributed by atoms with Gasteiger partial charge < -0.3 is 14.7 Å². The summed E-state index contributed by atoms with van der Waals surface area (Å²) < 4.78 is 9.02. The lowest BCUT2D eigenvalue weighted by atomic mass is 9.89. The summed E-state index contributed by atoms with van der Waals surface area (Å²) >= 11 is 0. The van der Waals surface area contributed by atoms with Crippen LogP contribution in [0.5, 0.6) is 0 Å². The number of carbonyl (C=O) groups excluding carboxylic acids is 3. The first-order chi connectivity index (χ1) is 27.4. The molecule has 0 radical (unpaired) electrons. The van der Waals surface area contributed by atoms with E-state index in [1.165, 1.54) is 11.1 Å². The molecule has 15 heteroatoms. The van der Waals surface area contributed by atoms with Gasteiger partial charge in [-0.1, -0.05) is 44.1 Å². The Morgan fingerprint density at radius 2 is 1.84 bits per heavy atom. The zero-order chi connectivity index (χ0) is 39.8. The van der Waals surface area contributed by atoms with E-state index in [1.807, 2.05) is 56.1 Å². The van der Waals surface area contributed by atoms with Crippen LogP contribution in [0.4, 0.5) is 10.6 Å². The van der Waals surface area contributed by atoms with Crippen LogP contribution in [0.15, 0.2) is 59.5 Å². The molecule has 6 heterocycles. The maximum Gasteiger partial charge on any atom is 0.329 e. The predicted molar refractivity (Wildman–Crippen MR) is 215 cm³/mol. The molecular weight excluding hydrogens is 723 g/mol. The molecule has 0 unspecified atom stereocenters. The van der Waals surface area contributed by atoms with Crippen molar-refractivity contribution < 1.29 is 18.9 Å². The summed E-state index contributed by atoms with van der Waals surface area (Å²) in [5.74, 6) is 0.907. The summed E-state index contributed by atoms with van der Waals surface area (Å²) in [5.41, 5.74) is 8.07. The van der Waals surface area contributed by atoms with Gasteiger partial charge in [0, 0.05) is 49.1 Å². The van der Waals surface area contributed by atoms with E-state index in [1.54, 1.807) is 11.2 Å². The average Bonchev–Trinajstić information content (AvgIpc) is 3.94. The van der Waals surface area contributed by atoms with Crippen LogP contribution >= 0.6 is 0 Å². The van der Waals surface area contributed by atoms with E-state index in [9.17, 15) is 14.4 Å². The number of carbonyl (C=O) groups is 3. The minimum Gasteiger partial charge on any atom is -0.345 e. The number of unbranched alkanes of at least 4 members (excludes halogenated alkanes) is 1. The molecule has 296 valence electrons. The van der Waals surface area contributed by atoms with Crippen LogP contribution in [0.25, 0.3) is 27.7 Å². The first kappa shape index (κ1) is 37.9. The number of aryl methyl sites for hydroxylation is 3. The third-order valence-corrected chi connectivity index (χ3v) is 11.2. The fraction of sp³-hybridized carbons (Fsp3) is 0.429. The number of imide groups is 1. The molecule has 0 atom stereocenters. The van der Waals surface area contributed by atoms with Gasteiger partial charge in [-0.05, 0) is 111 Å². The highest BCUT2D eigenvalue weighted by Gasteiger charge is 2.29. The van der Waals surface area contributed by atoms with Crippen molar-refractivity contribution in [3.8, 4) is 11.3 Å². The lowest BCUT2D eigenvalue weighted by Gasteiger charge is -2.32. The Morgan fingerprint density at radius 3 is 2.60 bits per heavy atom. The van der Waals surface area contributed by atoms with E-state index in [4.69, 9.17) is 4.52 Å². The van der Waals surface area contributed by atoms with Gasteiger partial charge in [0.05, 0.1) is 16.7 Å². The lowest BCUT2D eigenvalue weighted by molar-refractivity contribution is -0.120. The van der Waals surface area contributed by atoms with Crippen molar-refractivity contribution in [3.05, 3.63) is 89.0 Å². The van der Waals surface area contributed by atoms with E-state index < -0.39 is 6.03 Å². The summed E-state index contributed by atoms with van der Waals surface area (Å²) in [4.78, 5) is 49.9. The number of rotatable bonds is 11. The van der Waals surface area contributed by atoms with Gasteiger partial charge in [0.25, 0.3) is 11.7 Å². The highest BCUT2D eigenvalue weighted by Crippen LogP contribution is 2.34. The Labute approximate surface area is 330 Å². The predicted octanol–water partition coefficient (Wildman–Crippen LogP) is 5.85. The number of benzene rings is 2. The fourth-order valence-corrected chi connectivity index (χ4v) is 7.89. The topological polar surface area (TPSA) is 169 Å². The summed E-state index contributed by atoms with van der Waals surface area (Å²) in [6.45, 7) is 11.8. The lowest BCUT2D eigenvalue weighted by Crippen LogP contribution is -2.49. The normalized spacial score (nSPS) is 15.8. The van der Waals surface area contributed by atoms with E-state index in [0.29, 0.717) is 30.7 Å². The van der Waals surface area contributed by atoms with Gasteiger partial charge in [0.15, 0.2) is 5.82 Å². The van der Waals surface area contributed by atoms with Crippen LogP contribution < -0.4 is 15.5 Å². The van der Waals surface area contributed by atoms with Crippen molar-refractivity contribution >= 4 is 40.1 Å². The Bertz CT molecular complexity index is 2470. The van der Waals surface area contributed by atoms with Crippen molar-refractivity contribution in [2.45, 2.75) is 84.1 Å². The van der Waals surface area contributed by atoms with Gasteiger partial charge >= 0.3 is 6.03 Å². The SMILES string of the molecule is Cc1cc(-c2ncnn3cc(CCCCN4CCC(c5ccc6c(N7CCC(=O)NC7=O)nn(C)c6c5)CC4)cc23)ccc1CNC(=O)c1noc(C(C)(C)C)n1. The van der Waals surface area contributed by atoms with E-state index >= 15 is 0 Å². The summed E-state index contributed by atoms with van der Waals surface area (Å²) in [6.07, 6.45) is 9.36. The number of nitrogens with zero attached hydrogens (tertiary/aromatic N) is 9. The second-order valence-electron chi connectivity index (χ2n) is 16.3. The molecule has 0 aliphatic carbocycles. The van der Waals surface area contributed by atoms with E-state index in [-0.39, 0.29) is 29.5 Å². The molecule has 57 heavy (non-hydrogen) atoms. The van der Waals surface area contributed by atoms with Crippen LogP contribution in [-0.2, 0) is 30.2 Å². The Hall–Kier alpha value is -5.96. The number of fused-ring (bicyclic) bond motifs is 2. The molecule has 0 bridgehead atoms. The highest BCUT2D eigenvalue weighted by molar-refractivity contribution is 6.08. The monoisotopic (exact) mass is 771 g/mol. The van der Waals surface area contributed by atoms with Gasteiger partial charge in [-0.15, -0.1) is 0 Å². The fourth-order valence-electron chi connectivity index (χ4n) is 7.89. The van der Waals surface area contributed by atoms with Crippen molar-refractivity contribution in [3.63, 3.8) is 0 Å². The number of urea groups is 1. The summed E-state index contributed by atoms with van der Waals surface area (Å²) in [5, 5.41) is 19.2. The number of anilines is 1. The van der Waals surface area contributed by atoms with Crippen LogP contribution in [0.1, 0.15) is 97.6 Å². The van der Waals surface area contributed by atoms with Crippen LogP contribution in [0.3, 0.4) is 0 Å². The largest absolute Gasteiger partial charge is 0.345 e. The van der Waals surface area contributed by atoms with Crippen LogP contribution in [0, 0.1) is 6.92 Å². The number of aromatic nitrogens is 7. The highest BCUT2D eigenvalue weighted by atomic mass is 16.5. The average molecular weight is 772 g/mol. The number of hydrogen-bond acceptors (Lipinski definition) is 10. The minimum atomic E-state index is -0.415. The van der Waals surface area contributed by atoms with Crippen molar-refractivity contribution in [1.29, 1.82) is 0 Å². The van der Waals surface area contributed by atoms with Gasteiger partial charge in [-0.25, -0.2) is 14.3 Å². The third kappa shape index (κ3) is 8.01. The Balaban J connectivity index is 0.821. The molecule has 2 N–H and O–H groups in total. The third-order valence-electron chi connectivity index (χ3n) is 11.2. The second-order valence-corrected chi connectivity index (χ2v) is 16.3.